The van der Waals surface area contributed by atoms with Crippen LogP contribution in [0.4, 0.5) is 5.69 Å². The lowest BCUT2D eigenvalue weighted by Crippen LogP contribution is -2.13. The molecule has 0 amide bonds. The number of pyridine rings is 1. The van der Waals surface area contributed by atoms with Crippen molar-refractivity contribution in [3.05, 3.63) is 76.4 Å². The molecule has 3 rings (SSSR count). The predicted molar refractivity (Wildman–Crippen MR) is 123 cm³/mol. The molecule has 3 aromatic rings. The van der Waals surface area contributed by atoms with Crippen molar-refractivity contribution in [2.75, 3.05) is 5.32 Å². The topological polar surface area (TPSA) is 45.1 Å². The summed E-state index contributed by atoms with van der Waals surface area (Å²) >= 11 is 6.12. The van der Waals surface area contributed by atoms with Gasteiger partial charge in [-0.2, -0.15) is 0 Å². The third kappa shape index (κ3) is 4.73. The summed E-state index contributed by atoms with van der Waals surface area (Å²) < 4.78 is 0. The summed E-state index contributed by atoms with van der Waals surface area (Å²) in [5, 5.41) is 14.5. The quantitative estimate of drug-likeness (QED) is 0.443. The van der Waals surface area contributed by atoms with Gasteiger partial charge in [0, 0.05) is 16.3 Å². The van der Waals surface area contributed by atoms with E-state index in [1.807, 2.05) is 18.2 Å². The second-order valence-corrected chi connectivity index (χ2v) is 8.53. The summed E-state index contributed by atoms with van der Waals surface area (Å²) in [5.41, 5.74) is 6.07. The first-order valence-corrected chi connectivity index (χ1v) is 10.5. The van der Waals surface area contributed by atoms with E-state index < -0.39 is 0 Å². The van der Waals surface area contributed by atoms with Crippen LogP contribution in [0.2, 0.25) is 5.02 Å². The highest BCUT2D eigenvalue weighted by Gasteiger charge is 2.17. The van der Waals surface area contributed by atoms with Gasteiger partial charge in [-0.05, 0) is 60.2 Å². The van der Waals surface area contributed by atoms with Crippen molar-refractivity contribution in [3.8, 4) is 17.0 Å². The van der Waals surface area contributed by atoms with Crippen LogP contribution in [-0.4, -0.2) is 10.1 Å². The van der Waals surface area contributed by atoms with Crippen molar-refractivity contribution < 1.29 is 5.11 Å². The van der Waals surface area contributed by atoms with Crippen LogP contribution < -0.4 is 5.32 Å². The number of benzene rings is 2. The Morgan fingerprint density at radius 1 is 0.862 bits per heavy atom. The lowest BCUT2D eigenvalue weighted by Gasteiger charge is -2.24. The maximum atomic E-state index is 10.2. The van der Waals surface area contributed by atoms with E-state index in [4.69, 9.17) is 16.6 Å². The lowest BCUT2D eigenvalue weighted by atomic mass is 9.92. The molecule has 2 aromatic carbocycles. The number of hydrogen-bond donors (Lipinski definition) is 2. The van der Waals surface area contributed by atoms with Gasteiger partial charge in [-0.3, -0.25) is 4.98 Å². The highest BCUT2D eigenvalue weighted by Crippen LogP contribution is 2.35. The van der Waals surface area contributed by atoms with E-state index in [0.717, 1.165) is 5.69 Å². The van der Waals surface area contributed by atoms with Gasteiger partial charge in [-0.1, -0.05) is 63.6 Å². The van der Waals surface area contributed by atoms with Crippen molar-refractivity contribution in [1.82, 2.24) is 4.98 Å². The number of halogens is 1. The molecule has 3 nitrogen and oxygen atoms in total. The van der Waals surface area contributed by atoms with E-state index in [-0.39, 0.29) is 11.8 Å². The Balaban J connectivity index is 1.97. The molecule has 4 heteroatoms. The fourth-order valence-corrected chi connectivity index (χ4v) is 3.74. The van der Waals surface area contributed by atoms with Gasteiger partial charge in [0.2, 0.25) is 0 Å². The molecule has 0 saturated heterocycles. The second-order valence-electron chi connectivity index (χ2n) is 8.10. The highest BCUT2D eigenvalue weighted by molar-refractivity contribution is 6.30. The van der Waals surface area contributed by atoms with E-state index in [1.54, 1.807) is 18.2 Å². The minimum atomic E-state index is 0.00803. The molecule has 0 aliphatic rings. The molecule has 0 saturated carbocycles. The summed E-state index contributed by atoms with van der Waals surface area (Å²) in [5.74, 6) is 1.02. The summed E-state index contributed by atoms with van der Waals surface area (Å²) in [6, 6.07) is 17.4. The SMILES string of the molecule is CC(C)c1cccc(C(C)C)c1NC(C)c1cccc(-c2cc(Cl)ccc2O)n1. The molecule has 152 valence electrons. The number of phenols is 1. The van der Waals surface area contributed by atoms with E-state index in [9.17, 15) is 5.11 Å². The molecule has 29 heavy (non-hydrogen) atoms. The Bertz CT molecular complexity index is 972. The summed E-state index contributed by atoms with van der Waals surface area (Å²) in [6.07, 6.45) is 0. The summed E-state index contributed by atoms with van der Waals surface area (Å²) in [7, 11) is 0. The molecule has 1 heterocycles. The first-order valence-electron chi connectivity index (χ1n) is 10.1. The second kappa shape index (κ2) is 8.87. The molecule has 0 bridgehead atoms. The largest absolute Gasteiger partial charge is 0.507 e. The molecule has 0 fully saturated rings. The van der Waals surface area contributed by atoms with Crippen LogP contribution >= 0.6 is 11.6 Å². The minimum Gasteiger partial charge on any atom is -0.507 e. The number of phenolic OH excluding ortho intramolecular Hbond substituents is 1. The van der Waals surface area contributed by atoms with Crippen molar-refractivity contribution >= 4 is 17.3 Å². The minimum absolute atomic E-state index is 0.00803. The number of hydrogen-bond acceptors (Lipinski definition) is 3. The smallest absolute Gasteiger partial charge is 0.125 e. The number of nitrogens with one attached hydrogen (secondary N) is 1. The molecule has 0 spiro atoms. The Morgan fingerprint density at radius 3 is 2.10 bits per heavy atom. The van der Waals surface area contributed by atoms with Crippen LogP contribution in [-0.2, 0) is 0 Å². The van der Waals surface area contributed by atoms with Crippen LogP contribution in [0.1, 0.15) is 69.3 Å². The molecule has 2 N–H and O–H groups in total. The first-order chi connectivity index (χ1) is 13.8. The Hall–Kier alpha value is -2.52. The molecule has 0 aliphatic carbocycles. The van der Waals surface area contributed by atoms with Crippen molar-refractivity contribution in [1.29, 1.82) is 0 Å². The lowest BCUT2D eigenvalue weighted by molar-refractivity contribution is 0.477. The Morgan fingerprint density at radius 2 is 1.48 bits per heavy atom. The Kier molecular flexibility index (Phi) is 6.49. The summed E-state index contributed by atoms with van der Waals surface area (Å²) in [4.78, 5) is 4.81. The fourth-order valence-electron chi connectivity index (χ4n) is 3.56. The monoisotopic (exact) mass is 408 g/mol. The van der Waals surface area contributed by atoms with E-state index >= 15 is 0 Å². The fraction of sp³-hybridized carbons (Fsp3) is 0.320. The normalized spacial score (nSPS) is 12.4. The number of anilines is 1. The van der Waals surface area contributed by atoms with Crippen LogP contribution in [0.15, 0.2) is 54.6 Å². The molecule has 1 atom stereocenters. The average Bonchev–Trinajstić information content (AvgIpc) is 2.69. The van der Waals surface area contributed by atoms with Crippen molar-refractivity contribution in [2.24, 2.45) is 0 Å². The number of rotatable bonds is 6. The van der Waals surface area contributed by atoms with Gasteiger partial charge in [-0.25, -0.2) is 0 Å². The zero-order valence-electron chi connectivity index (χ0n) is 17.7. The maximum Gasteiger partial charge on any atom is 0.125 e. The van der Waals surface area contributed by atoms with E-state index in [2.05, 4.69) is 58.1 Å². The third-order valence-electron chi connectivity index (χ3n) is 5.18. The van der Waals surface area contributed by atoms with Gasteiger partial charge in [-0.15, -0.1) is 0 Å². The van der Waals surface area contributed by atoms with Gasteiger partial charge in [0.05, 0.1) is 17.4 Å². The standard InChI is InChI=1S/C25H29ClN2O/c1-15(2)19-8-6-9-20(16(3)4)25(19)27-17(5)22-10-7-11-23(28-22)21-14-18(26)12-13-24(21)29/h6-17,27,29H,1-5H3. The van der Waals surface area contributed by atoms with Gasteiger partial charge in [0.15, 0.2) is 0 Å². The average molecular weight is 409 g/mol. The predicted octanol–water partition coefficient (Wildman–Crippen LogP) is 7.53. The van der Waals surface area contributed by atoms with Crippen LogP contribution in [0.5, 0.6) is 5.75 Å². The third-order valence-corrected chi connectivity index (χ3v) is 5.42. The number of nitrogens with zero attached hydrogens (tertiary/aromatic N) is 1. The van der Waals surface area contributed by atoms with Crippen LogP contribution in [0.3, 0.4) is 0 Å². The van der Waals surface area contributed by atoms with Crippen molar-refractivity contribution in [2.45, 2.75) is 52.5 Å². The number of para-hydroxylation sites is 1. The zero-order chi connectivity index (χ0) is 21.1. The molecule has 0 radical (unpaired) electrons. The molecular weight excluding hydrogens is 380 g/mol. The van der Waals surface area contributed by atoms with Gasteiger partial charge in [0.1, 0.15) is 5.75 Å². The van der Waals surface area contributed by atoms with Gasteiger partial charge >= 0.3 is 0 Å². The van der Waals surface area contributed by atoms with E-state index in [1.165, 1.54) is 16.8 Å². The molecule has 1 aromatic heterocycles. The highest BCUT2D eigenvalue weighted by atomic mass is 35.5. The molecule has 1 unspecified atom stereocenters. The molecule has 0 aliphatic heterocycles. The molecular formula is C25H29ClN2O. The maximum absolute atomic E-state index is 10.2. The zero-order valence-corrected chi connectivity index (χ0v) is 18.5. The van der Waals surface area contributed by atoms with Gasteiger partial charge in [0.25, 0.3) is 0 Å². The van der Waals surface area contributed by atoms with Crippen LogP contribution in [0.25, 0.3) is 11.3 Å². The van der Waals surface area contributed by atoms with Crippen LogP contribution in [0, 0.1) is 0 Å². The number of aromatic nitrogens is 1. The van der Waals surface area contributed by atoms with E-state index in [0.29, 0.717) is 28.1 Å². The van der Waals surface area contributed by atoms with Gasteiger partial charge < -0.3 is 10.4 Å². The Labute approximate surface area is 178 Å². The summed E-state index contributed by atoms with van der Waals surface area (Å²) in [6.45, 7) is 11.0. The number of aromatic hydroxyl groups is 1. The van der Waals surface area contributed by atoms with Crippen molar-refractivity contribution in [3.63, 3.8) is 0 Å². The first kappa shape index (κ1) is 21.2.